The molecule has 0 spiro atoms. The lowest BCUT2D eigenvalue weighted by molar-refractivity contribution is 0.310. The number of rotatable bonds is 7. The molecule has 4 nitrogen and oxygen atoms in total. The zero-order chi connectivity index (χ0) is 19.1. The van der Waals surface area contributed by atoms with Crippen LogP contribution in [0.1, 0.15) is 25.0 Å². The summed E-state index contributed by atoms with van der Waals surface area (Å²) in [6.07, 6.45) is 0. The van der Waals surface area contributed by atoms with Gasteiger partial charge in [0, 0.05) is 18.8 Å². The van der Waals surface area contributed by atoms with Gasteiger partial charge in [-0.25, -0.2) is 4.39 Å². The highest BCUT2D eigenvalue weighted by Gasteiger charge is 2.12. The summed E-state index contributed by atoms with van der Waals surface area (Å²) in [5, 5.41) is 3.65. The van der Waals surface area contributed by atoms with Crippen molar-refractivity contribution in [1.82, 2.24) is 4.90 Å². The number of methoxy groups -OCH3 is 1. The predicted molar refractivity (Wildman–Crippen MR) is 108 cm³/mol. The van der Waals surface area contributed by atoms with Gasteiger partial charge >= 0.3 is 0 Å². The Kier molecular flexibility index (Phi) is 7.21. The van der Waals surface area contributed by atoms with Gasteiger partial charge in [-0.15, -0.1) is 0 Å². The molecule has 0 aliphatic heterocycles. The zero-order valence-electron chi connectivity index (χ0n) is 15.6. The topological polar surface area (TPSA) is 33.7 Å². The Hall–Kier alpha value is -2.34. The molecule has 0 heterocycles. The third kappa shape index (κ3) is 5.08. The first-order valence-electron chi connectivity index (χ1n) is 8.60. The van der Waals surface area contributed by atoms with Crippen molar-refractivity contribution in [2.75, 3.05) is 25.6 Å². The van der Waals surface area contributed by atoms with Crippen molar-refractivity contribution >= 4 is 23.0 Å². The smallest absolute Gasteiger partial charge is 0.173 e. The number of aryl methyl sites for hydroxylation is 1. The zero-order valence-corrected chi connectivity index (χ0v) is 16.5. The third-order valence-corrected chi connectivity index (χ3v) is 4.35. The Morgan fingerprint density at radius 2 is 1.92 bits per heavy atom. The number of nitrogens with one attached hydrogen (secondary N) is 1. The van der Waals surface area contributed by atoms with Crippen LogP contribution in [0, 0.1) is 12.7 Å². The molecule has 2 rings (SSSR count). The summed E-state index contributed by atoms with van der Waals surface area (Å²) in [6.45, 7) is 7.60. The Morgan fingerprint density at radius 1 is 1.15 bits per heavy atom. The molecule has 0 atom stereocenters. The van der Waals surface area contributed by atoms with Crippen molar-refractivity contribution in [3.05, 3.63) is 53.3 Å². The molecule has 0 bridgehead atoms. The Bertz CT molecular complexity index is 767. The van der Waals surface area contributed by atoms with Crippen LogP contribution in [0.15, 0.2) is 36.4 Å². The molecule has 1 N–H and O–H groups in total. The first-order chi connectivity index (χ1) is 12.5. The van der Waals surface area contributed by atoms with E-state index in [0.717, 1.165) is 17.9 Å². The van der Waals surface area contributed by atoms with Gasteiger partial charge in [-0.1, -0.05) is 12.1 Å². The van der Waals surface area contributed by atoms with E-state index in [4.69, 9.17) is 21.7 Å². The second-order valence-electron chi connectivity index (χ2n) is 5.83. The van der Waals surface area contributed by atoms with E-state index >= 15 is 0 Å². The van der Waals surface area contributed by atoms with Crippen molar-refractivity contribution in [3.63, 3.8) is 0 Å². The summed E-state index contributed by atoms with van der Waals surface area (Å²) in [5.74, 6) is 1.16. The molecule has 6 heteroatoms. The molecule has 0 unspecified atom stereocenters. The Balaban J connectivity index is 2.10. The van der Waals surface area contributed by atoms with Crippen LogP contribution in [0.5, 0.6) is 11.5 Å². The average Bonchev–Trinajstić information content (AvgIpc) is 2.63. The summed E-state index contributed by atoms with van der Waals surface area (Å²) >= 11 is 5.50. The highest BCUT2D eigenvalue weighted by atomic mass is 32.1. The highest BCUT2D eigenvalue weighted by Crippen LogP contribution is 2.28. The quantitative estimate of drug-likeness (QED) is 0.705. The predicted octanol–water partition coefficient (Wildman–Crippen LogP) is 4.76. The van der Waals surface area contributed by atoms with Gasteiger partial charge in [0.05, 0.1) is 13.7 Å². The largest absolute Gasteiger partial charge is 0.493 e. The van der Waals surface area contributed by atoms with Crippen molar-refractivity contribution in [2.45, 2.75) is 27.3 Å². The van der Waals surface area contributed by atoms with Crippen LogP contribution in [0.3, 0.4) is 0 Å². The van der Waals surface area contributed by atoms with Crippen molar-refractivity contribution in [1.29, 1.82) is 0 Å². The number of anilines is 1. The molecule has 0 aromatic heterocycles. The molecule has 2 aromatic rings. The first kappa shape index (κ1) is 20.0. The van der Waals surface area contributed by atoms with E-state index in [1.165, 1.54) is 6.07 Å². The van der Waals surface area contributed by atoms with Crippen LogP contribution in [-0.4, -0.2) is 30.3 Å². The highest BCUT2D eigenvalue weighted by molar-refractivity contribution is 7.80. The molecule has 0 saturated heterocycles. The van der Waals surface area contributed by atoms with Crippen molar-refractivity contribution in [3.8, 4) is 11.5 Å². The second-order valence-corrected chi connectivity index (χ2v) is 6.21. The van der Waals surface area contributed by atoms with Gasteiger partial charge < -0.3 is 19.7 Å². The number of hydrogen-bond donors (Lipinski definition) is 1. The van der Waals surface area contributed by atoms with Gasteiger partial charge in [-0.2, -0.15) is 0 Å². The molecule has 140 valence electrons. The summed E-state index contributed by atoms with van der Waals surface area (Å²) in [5.41, 5.74) is 2.29. The summed E-state index contributed by atoms with van der Waals surface area (Å²) in [7, 11) is 1.62. The van der Waals surface area contributed by atoms with Crippen LogP contribution < -0.4 is 14.8 Å². The molecule has 0 aliphatic carbocycles. The molecule has 0 fully saturated rings. The van der Waals surface area contributed by atoms with E-state index in [2.05, 4.69) is 5.32 Å². The van der Waals surface area contributed by atoms with Crippen LogP contribution in [0.25, 0.3) is 0 Å². The average molecular weight is 376 g/mol. The number of nitrogens with zero attached hydrogens (tertiary/aromatic N) is 1. The number of hydrogen-bond acceptors (Lipinski definition) is 3. The minimum Gasteiger partial charge on any atom is -0.493 e. The standard InChI is InChI=1S/C20H25FN2O2S/c1-5-23(20(26)22-16-9-7-14(3)17(21)12-16)13-15-8-10-18(25-6-2)19(11-15)24-4/h7-12H,5-6,13H2,1-4H3,(H,22,26). The van der Waals surface area contributed by atoms with Gasteiger partial charge in [-0.3, -0.25) is 0 Å². The van der Waals surface area contributed by atoms with Crippen LogP contribution >= 0.6 is 12.2 Å². The fraction of sp³-hybridized carbons (Fsp3) is 0.350. The molecular weight excluding hydrogens is 351 g/mol. The SMILES string of the molecule is CCOc1ccc(CN(CC)C(=S)Nc2ccc(C)c(F)c2)cc1OC. The van der Waals surface area contributed by atoms with Gasteiger partial charge in [0.1, 0.15) is 5.82 Å². The van der Waals surface area contributed by atoms with E-state index in [9.17, 15) is 4.39 Å². The van der Waals surface area contributed by atoms with Crippen LogP contribution in [-0.2, 0) is 6.54 Å². The summed E-state index contributed by atoms with van der Waals surface area (Å²) < 4.78 is 24.7. The lowest BCUT2D eigenvalue weighted by Gasteiger charge is -2.25. The second kappa shape index (κ2) is 9.38. The van der Waals surface area contributed by atoms with Crippen LogP contribution in [0.2, 0.25) is 0 Å². The van der Waals surface area contributed by atoms with E-state index in [-0.39, 0.29) is 5.82 Å². The lowest BCUT2D eigenvalue weighted by Crippen LogP contribution is -2.34. The summed E-state index contributed by atoms with van der Waals surface area (Å²) in [4.78, 5) is 2.00. The normalized spacial score (nSPS) is 10.3. The number of benzene rings is 2. The van der Waals surface area contributed by atoms with Gasteiger partial charge in [0.15, 0.2) is 16.6 Å². The maximum atomic E-state index is 13.7. The van der Waals surface area contributed by atoms with Crippen molar-refractivity contribution < 1.29 is 13.9 Å². The Morgan fingerprint density at radius 3 is 2.54 bits per heavy atom. The monoisotopic (exact) mass is 376 g/mol. The molecular formula is C20H25FN2O2S. The minimum atomic E-state index is -0.253. The van der Waals surface area contributed by atoms with E-state index in [0.29, 0.717) is 35.3 Å². The van der Waals surface area contributed by atoms with E-state index < -0.39 is 0 Å². The molecule has 0 amide bonds. The van der Waals surface area contributed by atoms with Gasteiger partial charge in [0.25, 0.3) is 0 Å². The number of thiocarbonyl (C=S) groups is 1. The number of halogens is 1. The van der Waals surface area contributed by atoms with E-state index in [1.54, 1.807) is 20.1 Å². The maximum absolute atomic E-state index is 13.7. The fourth-order valence-corrected chi connectivity index (χ4v) is 2.82. The fourth-order valence-electron chi connectivity index (χ4n) is 2.51. The molecule has 0 radical (unpaired) electrons. The molecule has 26 heavy (non-hydrogen) atoms. The minimum absolute atomic E-state index is 0.253. The Labute approximate surface area is 159 Å². The van der Waals surface area contributed by atoms with Crippen LogP contribution in [0.4, 0.5) is 10.1 Å². The lowest BCUT2D eigenvalue weighted by atomic mass is 10.2. The third-order valence-electron chi connectivity index (χ3n) is 3.99. The number of ether oxygens (including phenoxy) is 2. The molecule has 2 aromatic carbocycles. The molecule has 0 aliphatic rings. The molecule has 0 saturated carbocycles. The van der Waals surface area contributed by atoms with Crippen molar-refractivity contribution in [2.24, 2.45) is 0 Å². The van der Waals surface area contributed by atoms with E-state index in [1.807, 2.05) is 43.0 Å². The summed E-state index contributed by atoms with van der Waals surface area (Å²) in [6, 6.07) is 10.8. The maximum Gasteiger partial charge on any atom is 0.173 e. The van der Waals surface area contributed by atoms with Gasteiger partial charge in [0.2, 0.25) is 0 Å². The first-order valence-corrected chi connectivity index (χ1v) is 9.01. The van der Waals surface area contributed by atoms with Gasteiger partial charge in [-0.05, 0) is 68.4 Å².